The average Bonchev–Trinajstić information content (AvgIpc) is 3.09. The van der Waals surface area contributed by atoms with Crippen molar-refractivity contribution in [1.82, 2.24) is 15.4 Å². The van der Waals surface area contributed by atoms with Gasteiger partial charge in [0.1, 0.15) is 0 Å². The summed E-state index contributed by atoms with van der Waals surface area (Å²) in [4.78, 5) is 24.2. The van der Waals surface area contributed by atoms with Crippen molar-refractivity contribution < 1.29 is 26.4 Å². The van der Waals surface area contributed by atoms with Gasteiger partial charge < -0.3 is 10.6 Å². The Morgan fingerprint density at radius 2 is 1.52 bits per heavy atom. The van der Waals surface area contributed by atoms with E-state index in [4.69, 9.17) is 0 Å². The minimum atomic E-state index is -3.97. The molecule has 0 spiro atoms. The zero-order valence-electron chi connectivity index (χ0n) is 16.6. The van der Waals surface area contributed by atoms with Gasteiger partial charge in [-0.3, -0.25) is 9.59 Å². The van der Waals surface area contributed by atoms with Crippen LogP contribution in [0.4, 0.5) is 0 Å². The molecule has 0 aliphatic carbocycles. The topological polar surface area (TPSA) is 139 Å². The molecule has 0 unspecified atom stereocenters. The fourth-order valence-corrected chi connectivity index (χ4v) is 6.22. The molecule has 9 nitrogen and oxygen atoms in total. The van der Waals surface area contributed by atoms with Crippen molar-refractivity contribution in [3.05, 3.63) is 65.7 Å². The van der Waals surface area contributed by atoms with Crippen molar-refractivity contribution >= 4 is 31.7 Å². The smallest absolute Gasteiger partial charge is 0.251 e. The Hall–Kier alpha value is -2.76. The molecule has 166 valence electrons. The highest BCUT2D eigenvalue weighted by Gasteiger charge is 2.31. The number of sulfone groups is 1. The third kappa shape index (κ3) is 6.36. The van der Waals surface area contributed by atoms with Crippen molar-refractivity contribution in [3.8, 4) is 0 Å². The van der Waals surface area contributed by atoms with Crippen molar-refractivity contribution in [2.75, 3.05) is 24.6 Å². The molecule has 2 amide bonds. The van der Waals surface area contributed by atoms with Gasteiger partial charge >= 0.3 is 0 Å². The van der Waals surface area contributed by atoms with Crippen LogP contribution in [0.2, 0.25) is 0 Å². The lowest BCUT2D eigenvalue weighted by Gasteiger charge is -2.12. The van der Waals surface area contributed by atoms with Gasteiger partial charge in [0.2, 0.25) is 10.0 Å². The second kappa shape index (κ2) is 9.58. The summed E-state index contributed by atoms with van der Waals surface area (Å²) in [6.07, 6.45) is 0.219. The summed E-state index contributed by atoms with van der Waals surface area (Å²) in [6, 6.07) is 13.4. The first-order chi connectivity index (χ1) is 14.7. The number of benzene rings is 2. The lowest BCUT2D eigenvalue weighted by molar-refractivity contribution is 0.0927. The van der Waals surface area contributed by atoms with Gasteiger partial charge in [0.25, 0.3) is 11.8 Å². The Morgan fingerprint density at radius 1 is 0.903 bits per heavy atom. The van der Waals surface area contributed by atoms with Gasteiger partial charge in [-0.05, 0) is 36.8 Å². The molecule has 0 aromatic heterocycles. The summed E-state index contributed by atoms with van der Waals surface area (Å²) in [5.41, 5.74) is 0.644. The maximum atomic E-state index is 12.6. The molecule has 31 heavy (non-hydrogen) atoms. The molecule has 3 rings (SSSR count). The van der Waals surface area contributed by atoms with Crippen LogP contribution >= 0.6 is 0 Å². The summed E-state index contributed by atoms with van der Waals surface area (Å²) in [5, 5.41) is 5.30. The molecule has 0 radical (unpaired) electrons. The third-order valence-electron chi connectivity index (χ3n) is 4.69. The van der Waals surface area contributed by atoms with Gasteiger partial charge in [0.15, 0.2) is 9.84 Å². The molecule has 1 aliphatic rings. The fourth-order valence-electron chi connectivity index (χ4n) is 3.13. The maximum Gasteiger partial charge on any atom is 0.251 e. The highest BCUT2D eigenvalue weighted by molar-refractivity contribution is 7.92. The van der Waals surface area contributed by atoms with E-state index in [1.807, 2.05) is 0 Å². The van der Waals surface area contributed by atoms with Crippen molar-refractivity contribution in [1.29, 1.82) is 0 Å². The van der Waals surface area contributed by atoms with E-state index < -0.39 is 31.8 Å². The molecule has 1 heterocycles. The van der Waals surface area contributed by atoms with Crippen LogP contribution in [0.25, 0.3) is 0 Å². The van der Waals surface area contributed by atoms with Crippen LogP contribution < -0.4 is 15.4 Å². The van der Waals surface area contributed by atoms with Crippen LogP contribution in [-0.2, 0) is 19.9 Å². The molecular weight excluding hydrogens is 442 g/mol. The minimum absolute atomic E-state index is 0.0521. The molecule has 1 aliphatic heterocycles. The Balaban J connectivity index is 1.54. The van der Waals surface area contributed by atoms with Crippen LogP contribution in [0, 0.1) is 0 Å². The zero-order chi connectivity index (χ0) is 22.5. The van der Waals surface area contributed by atoms with Crippen molar-refractivity contribution in [3.63, 3.8) is 0 Å². The summed E-state index contributed by atoms with van der Waals surface area (Å²) in [7, 11) is -7.20. The number of hydrogen-bond acceptors (Lipinski definition) is 6. The van der Waals surface area contributed by atoms with E-state index in [1.54, 1.807) is 30.3 Å². The monoisotopic (exact) mass is 465 g/mol. The van der Waals surface area contributed by atoms with E-state index in [0.29, 0.717) is 5.56 Å². The number of hydrogen-bond donors (Lipinski definition) is 3. The highest BCUT2D eigenvalue weighted by Crippen LogP contribution is 2.17. The second-order valence-corrected chi connectivity index (χ2v) is 11.1. The molecular formula is C20H23N3O6S2. The first-order valence-electron chi connectivity index (χ1n) is 9.60. The highest BCUT2D eigenvalue weighted by atomic mass is 32.2. The number of carbonyl (C=O) groups is 2. The number of carbonyl (C=O) groups excluding carboxylic acids is 2. The Bertz CT molecular complexity index is 1160. The predicted octanol–water partition coefficient (Wildman–Crippen LogP) is 0.312. The molecule has 1 saturated heterocycles. The van der Waals surface area contributed by atoms with E-state index in [9.17, 15) is 26.4 Å². The van der Waals surface area contributed by atoms with Crippen LogP contribution in [0.3, 0.4) is 0 Å². The lowest BCUT2D eigenvalue weighted by atomic mass is 10.2. The van der Waals surface area contributed by atoms with Crippen LogP contribution in [0.15, 0.2) is 59.5 Å². The van der Waals surface area contributed by atoms with E-state index in [-0.39, 0.29) is 47.4 Å². The number of amides is 2. The van der Waals surface area contributed by atoms with Gasteiger partial charge in [0.05, 0.1) is 16.4 Å². The third-order valence-corrected chi connectivity index (χ3v) is 7.98. The molecule has 0 bridgehead atoms. The number of sulfonamides is 1. The quantitative estimate of drug-likeness (QED) is 0.480. The predicted molar refractivity (Wildman–Crippen MR) is 115 cm³/mol. The minimum Gasteiger partial charge on any atom is -0.350 e. The largest absolute Gasteiger partial charge is 0.350 e. The van der Waals surface area contributed by atoms with E-state index in [0.717, 1.165) is 0 Å². The molecule has 1 atom stereocenters. The molecule has 2 aromatic rings. The van der Waals surface area contributed by atoms with Crippen molar-refractivity contribution in [2.45, 2.75) is 17.4 Å². The summed E-state index contributed by atoms with van der Waals surface area (Å²) >= 11 is 0. The standard InChI is InChI=1S/C20H23N3O6S2/c24-19(15-5-2-1-3-6-15)21-10-11-22-20(25)16-7-4-8-18(13-16)31(28,29)23-17-9-12-30(26,27)14-17/h1-8,13,17,23H,9-12,14H2,(H,21,24)(H,22,25)/t17-/m1/s1. The second-order valence-electron chi connectivity index (χ2n) is 7.13. The summed E-state index contributed by atoms with van der Waals surface area (Å²) < 4.78 is 50.6. The Kier molecular flexibility index (Phi) is 7.08. The maximum absolute atomic E-state index is 12.6. The average molecular weight is 466 g/mol. The molecule has 0 saturated carbocycles. The lowest BCUT2D eigenvalue weighted by Crippen LogP contribution is -2.36. The number of nitrogens with one attached hydrogen (secondary N) is 3. The van der Waals surface area contributed by atoms with Gasteiger partial charge in [0, 0.05) is 30.3 Å². The van der Waals surface area contributed by atoms with Gasteiger partial charge in [-0.15, -0.1) is 0 Å². The summed E-state index contributed by atoms with van der Waals surface area (Å²) in [5.74, 6) is -1.04. The SMILES string of the molecule is O=C(NCCNC(=O)c1cccc(S(=O)(=O)N[C@@H]2CCS(=O)(=O)C2)c1)c1ccccc1. The molecule has 11 heteroatoms. The van der Waals surface area contributed by atoms with Gasteiger partial charge in [-0.1, -0.05) is 24.3 Å². The van der Waals surface area contributed by atoms with Crippen LogP contribution in [0.1, 0.15) is 27.1 Å². The Morgan fingerprint density at radius 3 is 2.13 bits per heavy atom. The van der Waals surface area contributed by atoms with Crippen LogP contribution in [0.5, 0.6) is 0 Å². The van der Waals surface area contributed by atoms with Crippen LogP contribution in [-0.4, -0.2) is 59.3 Å². The molecule has 3 N–H and O–H groups in total. The van der Waals surface area contributed by atoms with E-state index in [2.05, 4.69) is 15.4 Å². The molecule has 2 aromatic carbocycles. The first-order valence-corrected chi connectivity index (χ1v) is 12.9. The number of rotatable bonds is 8. The van der Waals surface area contributed by atoms with Gasteiger partial charge in [-0.25, -0.2) is 21.6 Å². The Labute approximate surface area is 181 Å². The van der Waals surface area contributed by atoms with E-state index in [1.165, 1.54) is 24.3 Å². The zero-order valence-corrected chi connectivity index (χ0v) is 18.2. The van der Waals surface area contributed by atoms with E-state index >= 15 is 0 Å². The van der Waals surface area contributed by atoms with Crippen molar-refractivity contribution in [2.24, 2.45) is 0 Å². The molecule has 1 fully saturated rings. The first kappa shape index (κ1) is 22.9. The van der Waals surface area contributed by atoms with Gasteiger partial charge in [-0.2, -0.15) is 0 Å². The normalized spacial score (nSPS) is 17.7. The fraction of sp³-hybridized carbons (Fsp3) is 0.300. The summed E-state index contributed by atoms with van der Waals surface area (Å²) in [6.45, 7) is 0.363.